The van der Waals surface area contributed by atoms with Crippen LogP contribution in [0.1, 0.15) is 18.4 Å². The second kappa shape index (κ2) is 2.02. The molecule has 1 aliphatic rings. The van der Waals surface area contributed by atoms with E-state index in [1.54, 1.807) is 0 Å². The maximum Gasteiger partial charge on any atom is 0.108 e. The lowest BCUT2D eigenvalue weighted by atomic mass is 10.1. The number of aromatic nitrogens is 1. The highest BCUT2D eigenvalue weighted by Crippen LogP contribution is 2.43. The highest BCUT2D eigenvalue weighted by molar-refractivity contribution is 6.29. The van der Waals surface area contributed by atoms with Crippen molar-refractivity contribution in [1.29, 1.82) is 0 Å². The number of nitrogens with two attached hydrogens (primary N) is 1. The zero-order chi connectivity index (χ0) is 8.06. The molecule has 0 bridgehead atoms. The minimum atomic E-state index is -0.0507. The lowest BCUT2D eigenvalue weighted by Gasteiger charge is -2.02. The van der Waals surface area contributed by atoms with Crippen molar-refractivity contribution in [3.8, 4) is 0 Å². The zero-order valence-electron chi connectivity index (χ0n) is 6.47. The lowest BCUT2D eigenvalue weighted by molar-refractivity contribution is 0.736. The average Bonchev–Trinajstić information content (AvgIpc) is 2.59. The van der Waals surface area contributed by atoms with Crippen LogP contribution in [0.4, 0.5) is 0 Å². The molecule has 1 aromatic rings. The topological polar surface area (TPSA) is 30.9 Å². The van der Waals surface area contributed by atoms with Gasteiger partial charge in [-0.05, 0) is 24.5 Å². The Morgan fingerprint density at radius 2 is 2.27 bits per heavy atom. The molecule has 0 aliphatic heterocycles. The van der Waals surface area contributed by atoms with Gasteiger partial charge < -0.3 is 10.3 Å². The maximum atomic E-state index is 5.98. The van der Waals surface area contributed by atoms with Crippen molar-refractivity contribution >= 4 is 11.6 Å². The molecule has 0 saturated heterocycles. The Balaban J connectivity index is 2.39. The number of nitrogens with zero attached hydrogens (tertiary/aromatic N) is 1. The summed E-state index contributed by atoms with van der Waals surface area (Å²) in [4.78, 5) is 0. The van der Waals surface area contributed by atoms with Gasteiger partial charge in [-0.2, -0.15) is 0 Å². The Hall–Kier alpha value is -0.470. The molecule has 2 nitrogen and oxygen atoms in total. The van der Waals surface area contributed by atoms with Gasteiger partial charge in [-0.3, -0.25) is 0 Å². The maximum absolute atomic E-state index is 5.98. The molecular formula is C8H11ClN2. The fraction of sp³-hybridized carbons (Fsp3) is 0.500. The molecule has 1 aromatic heterocycles. The summed E-state index contributed by atoms with van der Waals surface area (Å²) >= 11 is 5.87. The predicted octanol–water partition coefficient (Wildman–Crippen LogP) is 1.63. The molecule has 0 unspecified atom stereocenters. The Kier molecular flexibility index (Phi) is 1.32. The largest absolute Gasteiger partial charge is 0.341 e. The van der Waals surface area contributed by atoms with Gasteiger partial charge in [0.1, 0.15) is 5.15 Å². The van der Waals surface area contributed by atoms with Crippen LogP contribution in [-0.2, 0) is 12.6 Å². The summed E-state index contributed by atoms with van der Waals surface area (Å²) in [5, 5.41) is 0.761. The fourth-order valence-corrected chi connectivity index (χ4v) is 1.40. The summed E-state index contributed by atoms with van der Waals surface area (Å²) in [7, 11) is 1.93. The van der Waals surface area contributed by atoms with Gasteiger partial charge in [-0.15, -0.1) is 0 Å². The van der Waals surface area contributed by atoms with E-state index in [0.29, 0.717) is 0 Å². The summed E-state index contributed by atoms with van der Waals surface area (Å²) < 4.78 is 1.89. The van der Waals surface area contributed by atoms with Gasteiger partial charge in [-0.1, -0.05) is 11.6 Å². The first-order valence-corrected chi connectivity index (χ1v) is 4.11. The van der Waals surface area contributed by atoms with Crippen LogP contribution < -0.4 is 5.73 Å². The molecule has 1 aliphatic carbocycles. The van der Waals surface area contributed by atoms with Crippen LogP contribution >= 0.6 is 11.6 Å². The molecule has 0 spiro atoms. The summed E-state index contributed by atoms with van der Waals surface area (Å²) in [5.74, 6) is 0. The van der Waals surface area contributed by atoms with E-state index in [1.807, 2.05) is 23.9 Å². The van der Waals surface area contributed by atoms with Crippen molar-refractivity contribution in [1.82, 2.24) is 4.57 Å². The molecule has 0 radical (unpaired) electrons. The Bertz CT molecular complexity index is 267. The number of hydrogen-bond acceptors (Lipinski definition) is 1. The average molecular weight is 171 g/mol. The van der Waals surface area contributed by atoms with E-state index in [2.05, 4.69) is 0 Å². The second-order valence-electron chi connectivity index (χ2n) is 3.32. The minimum Gasteiger partial charge on any atom is -0.341 e. The van der Waals surface area contributed by atoms with Gasteiger partial charge in [0, 0.05) is 18.8 Å². The molecular weight excluding hydrogens is 160 g/mol. The third-order valence-electron chi connectivity index (χ3n) is 2.31. The minimum absolute atomic E-state index is 0.0507. The first-order chi connectivity index (χ1) is 5.12. The van der Waals surface area contributed by atoms with Gasteiger partial charge in [0.15, 0.2) is 0 Å². The predicted molar refractivity (Wildman–Crippen MR) is 45.5 cm³/mol. The Morgan fingerprint density at radius 1 is 1.64 bits per heavy atom. The summed E-state index contributed by atoms with van der Waals surface area (Å²) in [6.45, 7) is 0. The second-order valence-corrected chi connectivity index (χ2v) is 3.71. The Labute approximate surface area is 70.9 Å². The van der Waals surface area contributed by atoms with E-state index in [-0.39, 0.29) is 5.54 Å². The van der Waals surface area contributed by atoms with Crippen molar-refractivity contribution in [3.63, 3.8) is 0 Å². The molecule has 1 saturated carbocycles. The molecule has 1 heterocycles. The monoisotopic (exact) mass is 170 g/mol. The standard InChI is InChI=1S/C8H11ClN2/c1-11-5-6(4-7(11)9)8(10)2-3-8/h4-5H,2-3,10H2,1H3. The molecule has 60 valence electrons. The van der Waals surface area contributed by atoms with E-state index in [1.165, 1.54) is 5.56 Å². The number of aryl methyl sites for hydroxylation is 1. The van der Waals surface area contributed by atoms with Crippen molar-refractivity contribution in [2.24, 2.45) is 12.8 Å². The Morgan fingerprint density at radius 3 is 2.64 bits per heavy atom. The molecule has 1 fully saturated rings. The van der Waals surface area contributed by atoms with Crippen LogP contribution in [0, 0.1) is 0 Å². The molecule has 2 N–H and O–H groups in total. The van der Waals surface area contributed by atoms with Crippen LogP contribution in [0.15, 0.2) is 12.3 Å². The van der Waals surface area contributed by atoms with Crippen LogP contribution in [-0.4, -0.2) is 4.57 Å². The third-order valence-corrected chi connectivity index (χ3v) is 2.68. The third kappa shape index (κ3) is 1.06. The van der Waals surface area contributed by atoms with E-state index < -0.39 is 0 Å². The van der Waals surface area contributed by atoms with Crippen LogP contribution in [0.2, 0.25) is 5.15 Å². The molecule has 11 heavy (non-hydrogen) atoms. The molecule has 0 aromatic carbocycles. The SMILES string of the molecule is Cn1cc(C2(N)CC2)cc1Cl. The normalized spacial score (nSPS) is 20.3. The van der Waals surface area contributed by atoms with Gasteiger partial charge in [0.25, 0.3) is 0 Å². The van der Waals surface area contributed by atoms with Crippen LogP contribution in [0.5, 0.6) is 0 Å². The van der Waals surface area contributed by atoms with Gasteiger partial charge in [0.05, 0.1) is 0 Å². The number of hydrogen-bond donors (Lipinski definition) is 1. The van der Waals surface area contributed by atoms with Crippen LogP contribution in [0.25, 0.3) is 0 Å². The molecule has 0 amide bonds. The number of halogens is 1. The summed E-state index contributed by atoms with van der Waals surface area (Å²) in [6.07, 6.45) is 4.19. The number of rotatable bonds is 1. The quantitative estimate of drug-likeness (QED) is 0.683. The summed E-state index contributed by atoms with van der Waals surface area (Å²) in [6, 6.07) is 1.95. The van der Waals surface area contributed by atoms with Crippen molar-refractivity contribution in [2.75, 3.05) is 0 Å². The van der Waals surface area contributed by atoms with E-state index >= 15 is 0 Å². The first kappa shape index (κ1) is 7.19. The van der Waals surface area contributed by atoms with E-state index in [0.717, 1.165) is 18.0 Å². The highest BCUT2D eigenvalue weighted by atomic mass is 35.5. The molecule has 0 atom stereocenters. The van der Waals surface area contributed by atoms with Gasteiger partial charge in [-0.25, -0.2) is 0 Å². The van der Waals surface area contributed by atoms with Crippen molar-refractivity contribution < 1.29 is 0 Å². The zero-order valence-corrected chi connectivity index (χ0v) is 7.23. The highest BCUT2D eigenvalue weighted by Gasteiger charge is 2.40. The van der Waals surface area contributed by atoms with E-state index in [4.69, 9.17) is 17.3 Å². The van der Waals surface area contributed by atoms with Gasteiger partial charge >= 0.3 is 0 Å². The van der Waals surface area contributed by atoms with E-state index in [9.17, 15) is 0 Å². The van der Waals surface area contributed by atoms with Crippen molar-refractivity contribution in [2.45, 2.75) is 18.4 Å². The fourth-order valence-electron chi connectivity index (χ4n) is 1.23. The van der Waals surface area contributed by atoms with Crippen LogP contribution in [0.3, 0.4) is 0 Å². The smallest absolute Gasteiger partial charge is 0.108 e. The first-order valence-electron chi connectivity index (χ1n) is 3.73. The lowest BCUT2D eigenvalue weighted by Crippen LogP contribution is -2.17. The van der Waals surface area contributed by atoms with Gasteiger partial charge in [0.2, 0.25) is 0 Å². The summed E-state index contributed by atoms with van der Waals surface area (Å²) in [5.41, 5.74) is 7.10. The van der Waals surface area contributed by atoms with Crippen molar-refractivity contribution in [3.05, 3.63) is 23.0 Å². The molecule has 3 heteroatoms. The molecule has 2 rings (SSSR count).